The second kappa shape index (κ2) is 4.00. The Labute approximate surface area is 89.1 Å². The second-order valence-electron chi connectivity index (χ2n) is 5.26. The van der Waals surface area contributed by atoms with Crippen molar-refractivity contribution in [3.63, 3.8) is 0 Å². The minimum absolute atomic E-state index is 0.250. The zero-order valence-electron chi connectivity index (χ0n) is 9.02. The normalized spacial score (nSPS) is 27.4. The lowest BCUT2D eigenvalue weighted by Crippen LogP contribution is -2.38. The maximum absolute atomic E-state index is 12.3. The summed E-state index contributed by atoms with van der Waals surface area (Å²) in [5.74, 6) is 0. The Morgan fingerprint density at radius 1 is 1.00 bits per heavy atom. The van der Waals surface area contributed by atoms with Crippen molar-refractivity contribution in [3.8, 4) is 0 Å². The van der Waals surface area contributed by atoms with Gasteiger partial charge in [-0.2, -0.15) is 0 Å². The molecule has 1 aliphatic heterocycles. The van der Waals surface area contributed by atoms with Crippen LogP contribution in [-0.2, 0) is 0 Å². The number of hydrogen-bond donors (Lipinski definition) is 0. The Hall–Kier alpha value is -0.185. The Bertz CT molecular complexity index is 223. The summed E-state index contributed by atoms with van der Waals surface area (Å²) in [6.07, 6.45) is 6.32. The molecule has 1 saturated heterocycles. The van der Waals surface area contributed by atoms with E-state index < -0.39 is 13.4 Å². The van der Waals surface area contributed by atoms with Crippen LogP contribution in [0.15, 0.2) is 0 Å². The van der Waals surface area contributed by atoms with E-state index in [4.69, 9.17) is 0 Å². The molecule has 0 amide bonds. The van der Waals surface area contributed by atoms with Crippen molar-refractivity contribution in [2.75, 3.05) is 19.5 Å². The van der Waals surface area contributed by atoms with E-state index in [0.717, 1.165) is 19.3 Å². The molecule has 1 aliphatic carbocycles. The van der Waals surface area contributed by atoms with Gasteiger partial charge in [-0.3, -0.25) is 0 Å². The lowest BCUT2D eigenvalue weighted by molar-refractivity contribution is 0.189. The van der Waals surface area contributed by atoms with E-state index in [1.54, 1.807) is 4.90 Å². The number of hydrogen-bond acceptors (Lipinski definition) is 1. The second-order valence-corrected chi connectivity index (χ2v) is 5.26. The minimum atomic E-state index is -4.63. The summed E-state index contributed by atoms with van der Waals surface area (Å²) < 4.78 is 36.9. The Balaban J connectivity index is 1.88. The summed E-state index contributed by atoms with van der Waals surface area (Å²) >= 11 is 0. The fourth-order valence-corrected chi connectivity index (χ4v) is 3.19. The van der Waals surface area contributed by atoms with Gasteiger partial charge in [-0.25, -0.2) is 0 Å². The molecule has 0 N–H and O–H groups in total. The maximum Gasteiger partial charge on any atom is 0.492 e. The maximum atomic E-state index is 12.3. The summed E-state index contributed by atoms with van der Waals surface area (Å²) in [5.41, 5.74) is 0.250. The number of halogens is 3. The van der Waals surface area contributed by atoms with E-state index in [2.05, 4.69) is 0 Å². The highest BCUT2D eigenvalue weighted by molar-refractivity contribution is 6.58. The number of likely N-dealkylation sites (tertiary alicyclic amines) is 1. The largest absolute Gasteiger partial charge is 0.492 e. The van der Waals surface area contributed by atoms with E-state index in [0.29, 0.717) is 13.1 Å². The fourth-order valence-electron chi connectivity index (χ4n) is 3.19. The predicted octanol–water partition coefficient (Wildman–Crippen LogP) is 3.03. The summed E-state index contributed by atoms with van der Waals surface area (Å²) in [6, 6.07) is 0. The lowest BCUT2D eigenvalue weighted by Gasteiger charge is -2.34. The van der Waals surface area contributed by atoms with Gasteiger partial charge in [0.05, 0.1) is 0 Å². The summed E-state index contributed by atoms with van der Waals surface area (Å²) in [5, 5.41) is 0. The Kier molecular flexibility index (Phi) is 3.01. The molecular weight excluding hydrogens is 202 g/mol. The Morgan fingerprint density at radius 2 is 1.67 bits per heavy atom. The molecule has 1 nitrogen and oxygen atoms in total. The van der Waals surface area contributed by atoms with E-state index in [1.807, 2.05) is 0 Å². The zero-order valence-corrected chi connectivity index (χ0v) is 9.02. The first-order valence-electron chi connectivity index (χ1n) is 5.93. The van der Waals surface area contributed by atoms with Gasteiger partial charge in [0.1, 0.15) is 0 Å². The highest BCUT2D eigenvalue weighted by atomic mass is 19.4. The molecule has 2 rings (SSSR count). The van der Waals surface area contributed by atoms with Crippen LogP contribution < -0.4 is 0 Å². The van der Waals surface area contributed by atoms with Gasteiger partial charge in [0.2, 0.25) is 0 Å². The molecule has 0 atom stereocenters. The molecule has 0 aromatic heterocycles. The first-order valence-corrected chi connectivity index (χ1v) is 5.93. The summed E-state index contributed by atoms with van der Waals surface area (Å²) in [7, 11) is 0. The van der Waals surface area contributed by atoms with E-state index >= 15 is 0 Å². The molecule has 2 fully saturated rings. The van der Waals surface area contributed by atoms with Gasteiger partial charge in [-0.1, -0.05) is 19.3 Å². The predicted molar refractivity (Wildman–Crippen MR) is 55.7 cm³/mol. The number of rotatable bonds is 2. The van der Waals surface area contributed by atoms with Crippen LogP contribution in [0, 0.1) is 5.41 Å². The van der Waals surface area contributed by atoms with Gasteiger partial charge < -0.3 is 17.8 Å². The molecule has 0 bridgehead atoms. The Morgan fingerprint density at radius 3 is 2.27 bits per heavy atom. The minimum Gasteiger partial charge on any atom is -0.448 e. The van der Waals surface area contributed by atoms with E-state index in [9.17, 15) is 12.9 Å². The molecule has 2 aliphatic rings. The quantitative estimate of drug-likeness (QED) is 0.646. The molecule has 1 heterocycles. The topological polar surface area (TPSA) is 3.24 Å². The van der Waals surface area contributed by atoms with Crippen LogP contribution in [0.5, 0.6) is 0 Å². The van der Waals surface area contributed by atoms with Crippen molar-refractivity contribution in [2.24, 2.45) is 5.41 Å². The highest BCUT2D eigenvalue weighted by Crippen LogP contribution is 2.43. The van der Waals surface area contributed by atoms with Crippen molar-refractivity contribution in [2.45, 2.75) is 38.5 Å². The van der Waals surface area contributed by atoms with Crippen LogP contribution in [0.25, 0.3) is 0 Å². The van der Waals surface area contributed by atoms with Gasteiger partial charge in [-0.05, 0) is 37.7 Å². The van der Waals surface area contributed by atoms with E-state index in [1.165, 1.54) is 19.3 Å². The highest BCUT2D eigenvalue weighted by Gasteiger charge is 2.40. The third kappa shape index (κ3) is 2.89. The van der Waals surface area contributed by atoms with Crippen LogP contribution in [0.4, 0.5) is 12.9 Å². The monoisotopic (exact) mass is 220 g/mol. The van der Waals surface area contributed by atoms with Crippen LogP contribution in [0.2, 0.25) is 0 Å². The smallest absolute Gasteiger partial charge is 0.448 e. The molecule has 5 heteroatoms. The van der Waals surface area contributed by atoms with Gasteiger partial charge in [-0.15, -0.1) is 0 Å². The molecule has 0 unspecified atom stereocenters. The summed E-state index contributed by atoms with van der Waals surface area (Å²) in [6.45, 7) is -3.29. The number of nitrogens with zero attached hydrogens (tertiary/aromatic N) is 1. The molecule has 1 saturated carbocycles. The first kappa shape index (κ1) is 11.3. The summed E-state index contributed by atoms with van der Waals surface area (Å²) in [4.78, 5) is 1.62. The van der Waals surface area contributed by atoms with Crippen LogP contribution in [0.3, 0.4) is 0 Å². The zero-order chi connectivity index (χ0) is 10.9. The molecule has 0 aromatic carbocycles. The fraction of sp³-hybridized carbons (Fsp3) is 1.00. The van der Waals surface area contributed by atoms with Crippen LogP contribution >= 0.6 is 0 Å². The van der Waals surface area contributed by atoms with Gasteiger partial charge in [0.15, 0.2) is 0 Å². The van der Waals surface area contributed by atoms with Crippen molar-refractivity contribution < 1.29 is 12.9 Å². The molecule has 1 spiro atoms. The molecular formula is C10H18BF3N-. The lowest BCUT2D eigenvalue weighted by atomic mass is 9.73. The SMILES string of the molecule is F[B-](F)(F)CN1CCC2(CCCCC2)C1. The van der Waals surface area contributed by atoms with Gasteiger partial charge >= 0.3 is 6.98 Å². The molecule has 15 heavy (non-hydrogen) atoms. The molecule has 88 valence electrons. The third-order valence-corrected chi connectivity index (χ3v) is 3.90. The average Bonchev–Trinajstić information content (AvgIpc) is 2.47. The van der Waals surface area contributed by atoms with Gasteiger partial charge in [0, 0.05) is 6.54 Å². The van der Waals surface area contributed by atoms with Gasteiger partial charge in [0.25, 0.3) is 0 Å². The van der Waals surface area contributed by atoms with Crippen LogP contribution in [-0.4, -0.2) is 31.4 Å². The van der Waals surface area contributed by atoms with Crippen molar-refractivity contribution in [3.05, 3.63) is 0 Å². The van der Waals surface area contributed by atoms with Crippen molar-refractivity contribution in [1.82, 2.24) is 4.90 Å². The van der Waals surface area contributed by atoms with E-state index in [-0.39, 0.29) is 5.41 Å². The first-order chi connectivity index (χ1) is 6.99. The van der Waals surface area contributed by atoms with Crippen molar-refractivity contribution >= 4 is 6.98 Å². The van der Waals surface area contributed by atoms with Crippen molar-refractivity contribution in [1.29, 1.82) is 0 Å². The average molecular weight is 220 g/mol. The third-order valence-electron chi connectivity index (χ3n) is 3.90. The van der Waals surface area contributed by atoms with Crippen LogP contribution in [0.1, 0.15) is 38.5 Å². The molecule has 0 radical (unpaired) electrons. The standard InChI is InChI=1S/C10H18BF3N/c12-11(13,14)9-15-7-6-10(8-15)4-2-1-3-5-10/h1-9H2/q-1. The molecule has 0 aromatic rings.